The van der Waals surface area contributed by atoms with Crippen LogP contribution in [0.3, 0.4) is 0 Å². The predicted octanol–water partition coefficient (Wildman–Crippen LogP) is 1.96. The Morgan fingerprint density at radius 2 is 1.76 bits per heavy atom. The van der Waals surface area contributed by atoms with E-state index in [0.717, 1.165) is 5.56 Å². The summed E-state index contributed by atoms with van der Waals surface area (Å²) in [6.45, 7) is 12.3. The Labute approximate surface area is 150 Å². The SMILES string of the molecule is CC(C)(C)OC(=O)NCc1cccc(B(O)OC(C)(C)C(C)(C)O)c1. The van der Waals surface area contributed by atoms with Gasteiger partial charge in [-0.25, -0.2) is 4.79 Å². The van der Waals surface area contributed by atoms with Crippen LogP contribution in [0.4, 0.5) is 4.79 Å². The molecule has 1 aromatic carbocycles. The van der Waals surface area contributed by atoms with Crippen molar-refractivity contribution in [3.63, 3.8) is 0 Å². The number of ether oxygens (including phenoxy) is 1. The number of nitrogens with one attached hydrogen (secondary N) is 1. The molecule has 3 N–H and O–H groups in total. The highest BCUT2D eigenvalue weighted by molar-refractivity contribution is 6.60. The Balaban J connectivity index is 2.73. The van der Waals surface area contributed by atoms with E-state index in [0.29, 0.717) is 5.46 Å². The molecule has 0 heterocycles. The number of carbonyl (C=O) groups is 1. The molecule has 1 amide bonds. The van der Waals surface area contributed by atoms with Crippen molar-refractivity contribution in [2.75, 3.05) is 0 Å². The van der Waals surface area contributed by atoms with Crippen LogP contribution in [0.25, 0.3) is 0 Å². The molecule has 0 aliphatic carbocycles. The van der Waals surface area contributed by atoms with E-state index in [1.807, 2.05) is 6.07 Å². The van der Waals surface area contributed by atoms with E-state index in [9.17, 15) is 14.9 Å². The summed E-state index contributed by atoms with van der Waals surface area (Å²) in [4.78, 5) is 11.7. The van der Waals surface area contributed by atoms with Gasteiger partial charge < -0.3 is 24.8 Å². The fourth-order valence-corrected chi connectivity index (χ4v) is 1.84. The Hall–Kier alpha value is -1.57. The average molecular weight is 351 g/mol. The summed E-state index contributed by atoms with van der Waals surface area (Å²) in [7, 11) is -1.19. The van der Waals surface area contributed by atoms with Crippen LogP contribution in [0.5, 0.6) is 0 Å². The van der Waals surface area contributed by atoms with Gasteiger partial charge in [0.1, 0.15) is 5.60 Å². The van der Waals surface area contributed by atoms with Crippen LogP contribution in [-0.4, -0.2) is 40.1 Å². The fourth-order valence-electron chi connectivity index (χ4n) is 1.84. The van der Waals surface area contributed by atoms with Gasteiger partial charge in [0.25, 0.3) is 0 Å². The maximum atomic E-state index is 11.7. The van der Waals surface area contributed by atoms with Crippen LogP contribution in [0.1, 0.15) is 54.0 Å². The molecule has 0 spiro atoms. The number of alkyl carbamates (subject to hydrolysis) is 1. The Morgan fingerprint density at radius 3 is 2.28 bits per heavy atom. The number of amides is 1. The zero-order valence-corrected chi connectivity index (χ0v) is 16.2. The van der Waals surface area contributed by atoms with Crippen molar-refractivity contribution in [2.24, 2.45) is 0 Å². The summed E-state index contributed by atoms with van der Waals surface area (Å²) in [6.07, 6.45) is -0.502. The highest BCUT2D eigenvalue weighted by Gasteiger charge is 2.39. The Kier molecular flexibility index (Phi) is 6.67. The van der Waals surface area contributed by atoms with Crippen molar-refractivity contribution in [3.8, 4) is 0 Å². The molecule has 140 valence electrons. The highest BCUT2D eigenvalue weighted by atomic mass is 16.6. The monoisotopic (exact) mass is 351 g/mol. The van der Waals surface area contributed by atoms with Gasteiger partial charge in [0.15, 0.2) is 0 Å². The molecule has 1 aromatic rings. The largest absolute Gasteiger partial charge is 0.491 e. The number of carbonyl (C=O) groups excluding carboxylic acids is 1. The first kappa shape index (κ1) is 21.5. The second-order valence-electron chi connectivity index (χ2n) is 8.14. The van der Waals surface area contributed by atoms with E-state index in [-0.39, 0.29) is 6.54 Å². The minimum atomic E-state index is -1.19. The first-order chi connectivity index (χ1) is 11.2. The van der Waals surface area contributed by atoms with E-state index < -0.39 is 30.0 Å². The number of aliphatic hydroxyl groups is 1. The van der Waals surface area contributed by atoms with Crippen LogP contribution in [-0.2, 0) is 15.9 Å². The first-order valence-corrected chi connectivity index (χ1v) is 8.35. The average Bonchev–Trinajstić information content (AvgIpc) is 2.42. The van der Waals surface area contributed by atoms with Gasteiger partial charge in [0.2, 0.25) is 0 Å². The van der Waals surface area contributed by atoms with Crippen molar-refractivity contribution in [2.45, 2.75) is 71.8 Å². The van der Waals surface area contributed by atoms with Gasteiger partial charge >= 0.3 is 13.2 Å². The standard InChI is InChI=1S/C18H30BNO5/c1-16(2,3)24-15(21)20-12-13-9-8-10-14(11-13)19(23)25-18(6,7)17(4,5)22/h8-11,22-23H,12H2,1-7H3,(H,20,21). The molecular formula is C18H30BNO5. The van der Waals surface area contributed by atoms with Gasteiger partial charge in [0.05, 0.1) is 11.2 Å². The van der Waals surface area contributed by atoms with Gasteiger partial charge in [-0.1, -0.05) is 24.3 Å². The third-order valence-corrected chi connectivity index (χ3v) is 3.95. The van der Waals surface area contributed by atoms with E-state index in [2.05, 4.69) is 5.32 Å². The number of benzene rings is 1. The Bertz CT molecular complexity index is 590. The lowest BCUT2D eigenvalue weighted by molar-refractivity contribution is -0.0982. The summed E-state index contributed by atoms with van der Waals surface area (Å²) in [6, 6.07) is 7.06. The lowest BCUT2D eigenvalue weighted by Crippen LogP contribution is -2.53. The van der Waals surface area contributed by atoms with E-state index in [4.69, 9.17) is 9.39 Å². The normalized spacial score (nSPS) is 12.7. The summed E-state index contributed by atoms with van der Waals surface area (Å²) >= 11 is 0. The van der Waals surface area contributed by atoms with Gasteiger partial charge in [-0.3, -0.25) is 0 Å². The van der Waals surface area contributed by atoms with Gasteiger partial charge in [0, 0.05) is 6.54 Å². The zero-order chi connectivity index (χ0) is 19.5. The second-order valence-corrected chi connectivity index (χ2v) is 8.14. The van der Waals surface area contributed by atoms with Crippen molar-refractivity contribution in [1.29, 1.82) is 0 Å². The quantitative estimate of drug-likeness (QED) is 0.682. The molecule has 0 fully saturated rings. The molecule has 6 nitrogen and oxygen atoms in total. The van der Waals surface area contributed by atoms with Crippen LogP contribution in [0.15, 0.2) is 24.3 Å². The Morgan fingerprint density at radius 1 is 1.16 bits per heavy atom. The minimum Gasteiger partial charge on any atom is -0.444 e. The van der Waals surface area contributed by atoms with Crippen molar-refractivity contribution < 1.29 is 24.3 Å². The molecule has 0 radical (unpaired) electrons. The van der Waals surface area contributed by atoms with Gasteiger partial charge in [-0.2, -0.15) is 0 Å². The third kappa shape index (κ3) is 7.06. The molecule has 0 unspecified atom stereocenters. The lowest BCUT2D eigenvalue weighted by Gasteiger charge is -2.38. The maximum absolute atomic E-state index is 11.7. The topological polar surface area (TPSA) is 88.0 Å². The summed E-state index contributed by atoms with van der Waals surface area (Å²) in [5.74, 6) is 0. The van der Waals surface area contributed by atoms with E-state index in [1.54, 1.807) is 66.7 Å². The molecule has 0 aliphatic rings. The lowest BCUT2D eigenvalue weighted by atomic mass is 9.76. The number of rotatable bonds is 6. The van der Waals surface area contributed by atoms with Crippen molar-refractivity contribution in [3.05, 3.63) is 29.8 Å². The molecule has 0 bridgehead atoms. The molecule has 0 atom stereocenters. The number of hydrogen-bond acceptors (Lipinski definition) is 5. The van der Waals surface area contributed by atoms with E-state index in [1.165, 1.54) is 0 Å². The van der Waals surface area contributed by atoms with Crippen LogP contribution in [0, 0.1) is 0 Å². The van der Waals surface area contributed by atoms with Crippen LogP contribution < -0.4 is 10.8 Å². The molecule has 0 aromatic heterocycles. The predicted molar refractivity (Wildman–Crippen MR) is 98.6 cm³/mol. The molecule has 0 saturated heterocycles. The molecule has 0 saturated carbocycles. The molecular weight excluding hydrogens is 321 g/mol. The first-order valence-electron chi connectivity index (χ1n) is 8.35. The second kappa shape index (κ2) is 7.76. The molecule has 7 heteroatoms. The highest BCUT2D eigenvalue weighted by Crippen LogP contribution is 2.25. The molecule has 0 aliphatic heterocycles. The smallest absolute Gasteiger partial charge is 0.444 e. The van der Waals surface area contributed by atoms with Crippen LogP contribution >= 0.6 is 0 Å². The molecule has 1 rings (SSSR count). The van der Waals surface area contributed by atoms with Crippen molar-refractivity contribution >= 4 is 18.7 Å². The fraction of sp³-hybridized carbons (Fsp3) is 0.611. The summed E-state index contributed by atoms with van der Waals surface area (Å²) < 4.78 is 10.8. The third-order valence-electron chi connectivity index (χ3n) is 3.95. The van der Waals surface area contributed by atoms with Crippen LogP contribution in [0.2, 0.25) is 0 Å². The zero-order valence-electron chi connectivity index (χ0n) is 16.2. The van der Waals surface area contributed by atoms with Gasteiger partial charge in [-0.15, -0.1) is 0 Å². The van der Waals surface area contributed by atoms with E-state index >= 15 is 0 Å². The maximum Gasteiger partial charge on any atom is 0.491 e. The summed E-state index contributed by atoms with van der Waals surface area (Å²) in [5.41, 5.74) is -1.28. The van der Waals surface area contributed by atoms with Crippen molar-refractivity contribution in [1.82, 2.24) is 5.32 Å². The summed E-state index contributed by atoms with van der Waals surface area (Å²) in [5, 5.41) is 23.1. The van der Waals surface area contributed by atoms with Gasteiger partial charge in [-0.05, 0) is 59.5 Å². The number of hydrogen-bond donors (Lipinski definition) is 3. The minimum absolute atomic E-state index is 0.268. The molecule has 25 heavy (non-hydrogen) atoms.